The van der Waals surface area contributed by atoms with Gasteiger partial charge in [0.05, 0.1) is 23.8 Å². The SMILES string of the molecule is C[C@@H](O[C@H]1OCC[C@H](CI)[C@H]1c1ccccc1)c1cc(C(F)(F)F)cc(C(F)(F)F)c1. The van der Waals surface area contributed by atoms with Gasteiger partial charge in [-0.1, -0.05) is 52.9 Å². The maximum atomic E-state index is 13.2. The van der Waals surface area contributed by atoms with Gasteiger partial charge in [0, 0.05) is 10.3 Å². The number of benzene rings is 2. The molecule has 1 aliphatic heterocycles. The molecule has 2 nitrogen and oxygen atoms in total. The molecule has 4 atom stereocenters. The molecule has 9 heteroatoms. The maximum Gasteiger partial charge on any atom is 0.416 e. The Morgan fingerprint density at radius 2 is 1.58 bits per heavy atom. The van der Waals surface area contributed by atoms with Crippen LogP contribution in [-0.2, 0) is 21.8 Å². The molecule has 0 saturated carbocycles. The maximum absolute atomic E-state index is 13.2. The molecule has 2 aromatic carbocycles. The second kappa shape index (κ2) is 9.66. The Kier molecular flexibility index (Phi) is 7.58. The largest absolute Gasteiger partial charge is 0.416 e. The molecule has 170 valence electrons. The summed E-state index contributed by atoms with van der Waals surface area (Å²) in [5.74, 6) is 0.0309. The molecule has 1 fully saturated rings. The van der Waals surface area contributed by atoms with Crippen LogP contribution in [0.15, 0.2) is 48.5 Å². The molecular weight excluding hydrogens is 537 g/mol. The minimum absolute atomic E-state index is 0.117. The third kappa shape index (κ3) is 5.92. The van der Waals surface area contributed by atoms with E-state index in [9.17, 15) is 26.3 Å². The molecule has 0 aromatic heterocycles. The van der Waals surface area contributed by atoms with Crippen molar-refractivity contribution in [2.75, 3.05) is 11.0 Å². The van der Waals surface area contributed by atoms with Gasteiger partial charge in [-0.05, 0) is 48.6 Å². The van der Waals surface area contributed by atoms with Gasteiger partial charge in [0.1, 0.15) is 0 Å². The molecule has 0 spiro atoms. The second-order valence-corrected chi connectivity index (χ2v) is 8.38. The molecule has 1 saturated heterocycles. The molecule has 0 amide bonds. The molecule has 0 N–H and O–H groups in total. The average Bonchev–Trinajstić information content (AvgIpc) is 2.72. The lowest BCUT2D eigenvalue weighted by atomic mass is 9.83. The molecule has 0 aliphatic carbocycles. The smallest absolute Gasteiger partial charge is 0.352 e. The highest BCUT2D eigenvalue weighted by Crippen LogP contribution is 2.41. The van der Waals surface area contributed by atoms with Gasteiger partial charge >= 0.3 is 12.4 Å². The molecular formula is C22H21F6IO2. The summed E-state index contributed by atoms with van der Waals surface area (Å²) in [6.45, 7) is 1.85. The van der Waals surface area contributed by atoms with E-state index in [0.717, 1.165) is 16.4 Å². The Labute approximate surface area is 190 Å². The Morgan fingerprint density at radius 3 is 2.10 bits per heavy atom. The van der Waals surface area contributed by atoms with Crippen LogP contribution in [0.3, 0.4) is 0 Å². The second-order valence-electron chi connectivity index (χ2n) is 7.50. The first-order valence-corrected chi connectivity index (χ1v) is 11.2. The predicted octanol–water partition coefficient (Wildman–Crippen LogP) is 7.38. The van der Waals surface area contributed by atoms with Gasteiger partial charge in [-0.2, -0.15) is 26.3 Å². The van der Waals surface area contributed by atoms with Crippen LogP contribution in [0.1, 0.15) is 47.6 Å². The van der Waals surface area contributed by atoms with Crippen LogP contribution < -0.4 is 0 Å². The van der Waals surface area contributed by atoms with Crippen LogP contribution in [-0.4, -0.2) is 17.3 Å². The first-order chi connectivity index (χ1) is 14.5. The molecule has 0 bridgehead atoms. The number of rotatable bonds is 5. The van der Waals surface area contributed by atoms with E-state index < -0.39 is 35.9 Å². The number of hydrogen-bond donors (Lipinski definition) is 0. The predicted molar refractivity (Wildman–Crippen MR) is 112 cm³/mol. The van der Waals surface area contributed by atoms with Crippen LogP contribution >= 0.6 is 22.6 Å². The Bertz CT molecular complexity index is 836. The zero-order valence-electron chi connectivity index (χ0n) is 16.5. The lowest BCUT2D eigenvalue weighted by Gasteiger charge is -2.39. The van der Waals surface area contributed by atoms with Gasteiger partial charge in [-0.25, -0.2) is 0 Å². The van der Waals surface area contributed by atoms with E-state index in [-0.39, 0.29) is 23.5 Å². The monoisotopic (exact) mass is 558 g/mol. The van der Waals surface area contributed by atoms with Gasteiger partial charge in [0.15, 0.2) is 6.29 Å². The van der Waals surface area contributed by atoms with Gasteiger partial charge in [-0.3, -0.25) is 0 Å². The fourth-order valence-electron chi connectivity index (χ4n) is 3.74. The highest BCUT2D eigenvalue weighted by molar-refractivity contribution is 14.1. The molecule has 2 aromatic rings. The number of alkyl halides is 7. The van der Waals surface area contributed by atoms with Gasteiger partial charge < -0.3 is 9.47 Å². The first-order valence-electron chi connectivity index (χ1n) is 9.68. The van der Waals surface area contributed by atoms with Crippen molar-refractivity contribution in [1.82, 2.24) is 0 Å². The standard InChI is InChI=1S/C22H21F6IO2/c1-13(16-9-17(21(23,24)25)11-18(10-16)22(26,27)28)31-20-19(14-5-3-2-4-6-14)15(12-29)7-8-30-20/h2-6,9-11,13,15,19-20H,7-8,12H2,1H3/t13-,15-,19-,20-/m1/s1. The minimum atomic E-state index is -4.91. The third-order valence-electron chi connectivity index (χ3n) is 5.37. The normalized spacial score (nSPS) is 23.5. The number of halogens is 7. The van der Waals surface area contributed by atoms with Crippen molar-refractivity contribution in [2.45, 2.75) is 44.0 Å². The number of hydrogen-bond acceptors (Lipinski definition) is 2. The number of ether oxygens (including phenoxy) is 2. The summed E-state index contributed by atoms with van der Waals surface area (Å²) >= 11 is 2.27. The van der Waals surface area contributed by atoms with E-state index in [0.29, 0.717) is 18.7 Å². The molecule has 1 aliphatic rings. The van der Waals surface area contributed by atoms with Crippen molar-refractivity contribution in [2.24, 2.45) is 5.92 Å². The van der Waals surface area contributed by atoms with Gasteiger partial charge in [0.25, 0.3) is 0 Å². The lowest BCUT2D eigenvalue weighted by molar-refractivity contribution is -0.207. The summed E-state index contributed by atoms with van der Waals surface area (Å²) in [6.07, 6.45) is -10.8. The fraction of sp³-hybridized carbons (Fsp3) is 0.455. The van der Waals surface area contributed by atoms with E-state index in [1.807, 2.05) is 30.3 Å². The molecule has 3 rings (SSSR count). The van der Waals surface area contributed by atoms with Crippen LogP contribution in [0.5, 0.6) is 0 Å². The van der Waals surface area contributed by atoms with Crippen molar-refractivity contribution in [3.63, 3.8) is 0 Å². The van der Waals surface area contributed by atoms with Crippen molar-refractivity contribution >= 4 is 22.6 Å². The molecule has 0 unspecified atom stereocenters. The van der Waals surface area contributed by atoms with E-state index in [1.165, 1.54) is 6.92 Å². The van der Waals surface area contributed by atoms with E-state index in [4.69, 9.17) is 9.47 Å². The van der Waals surface area contributed by atoms with Gasteiger partial charge in [0.2, 0.25) is 0 Å². The van der Waals surface area contributed by atoms with Gasteiger partial charge in [-0.15, -0.1) is 0 Å². The summed E-state index contributed by atoms with van der Waals surface area (Å²) in [7, 11) is 0. The topological polar surface area (TPSA) is 18.5 Å². The first kappa shape index (κ1) is 24.3. The highest BCUT2D eigenvalue weighted by atomic mass is 127. The van der Waals surface area contributed by atoms with Crippen LogP contribution in [0, 0.1) is 5.92 Å². The zero-order valence-corrected chi connectivity index (χ0v) is 18.7. The summed E-state index contributed by atoms with van der Waals surface area (Å²) in [5.41, 5.74) is -1.96. The summed E-state index contributed by atoms with van der Waals surface area (Å²) in [4.78, 5) is 0. The average molecular weight is 558 g/mol. The van der Waals surface area contributed by atoms with Crippen molar-refractivity contribution in [3.8, 4) is 0 Å². The molecule has 1 heterocycles. The van der Waals surface area contributed by atoms with E-state index in [1.54, 1.807) is 0 Å². The van der Waals surface area contributed by atoms with Crippen molar-refractivity contribution in [1.29, 1.82) is 0 Å². The van der Waals surface area contributed by atoms with Crippen LogP contribution in [0.4, 0.5) is 26.3 Å². The van der Waals surface area contributed by atoms with E-state index in [2.05, 4.69) is 22.6 Å². The van der Waals surface area contributed by atoms with E-state index >= 15 is 0 Å². The summed E-state index contributed by atoms with van der Waals surface area (Å²) in [5, 5.41) is 0. The quantitative estimate of drug-likeness (QED) is 0.217. The zero-order chi connectivity index (χ0) is 22.8. The van der Waals surface area contributed by atoms with Crippen LogP contribution in [0.2, 0.25) is 0 Å². The van der Waals surface area contributed by atoms with Crippen molar-refractivity contribution < 1.29 is 35.8 Å². The van der Waals surface area contributed by atoms with Crippen LogP contribution in [0.25, 0.3) is 0 Å². The summed E-state index contributed by atoms with van der Waals surface area (Å²) < 4.78 is 91.8. The minimum Gasteiger partial charge on any atom is -0.352 e. The Morgan fingerprint density at radius 1 is 1.00 bits per heavy atom. The summed E-state index contributed by atoms with van der Waals surface area (Å²) in [6, 6.07) is 11.0. The highest BCUT2D eigenvalue weighted by Gasteiger charge is 2.39. The molecule has 0 radical (unpaired) electrons. The fourth-order valence-corrected chi connectivity index (χ4v) is 4.72. The molecule has 31 heavy (non-hydrogen) atoms. The third-order valence-corrected chi connectivity index (χ3v) is 6.50. The van der Waals surface area contributed by atoms with Crippen molar-refractivity contribution in [3.05, 3.63) is 70.8 Å². The Balaban J connectivity index is 1.92. The Hall–Kier alpha value is -1.33. The lowest BCUT2D eigenvalue weighted by Crippen LogP contribution is -2.38.